The van der Waals surface area contributed by atoms with Gasteiger partial charge in [-0.25, -0.2) is 8.42 Å². The van der Waals surface area contributed by atoms with Gasteiger partial charge >= 0.3 is 0 Å². The zero-order valence-electron chi connectivity index (χ0n) is 16.3. The molecule has 1 saturated heterocycles. The van der Waals surface area contributed by atoms with Crippen LogP contribution in [0.5, 0.6) is 11.5 Å². The van der Waals surface area contributed by atoms with Crippen LogP contribution in [0.4, 0.5) is 5.69 Å². The average Bonchev–Trinajstić information content (AvgIpc) is 3.24. The van der Waals surface area contributed by atoms with E-state index in [2.05, 4.69) is 5.32 Å². The summed E-state index contributed by atoms with van der Waals surface area (Å²) in [6.45, 7) is 2.61. The van der Waals surface area contributed by atoms with Crippen LogP contribution in [-0.2, 0) is 14.8 Å². The van der Waals surface area contributed by atoms with Crippen LogP contribution in [0.2, 0.25) is 5.02 Å². The van der Waals surface area contributed by atoms with E-state index in [0.29, 0.717) is 29.6 Å². The molecule has 0 saturated carbocycles. The van der Waals surface area contributed by atoms with Crippen LogP contribution >= 0.6 is 11.6 Å². The summed E-state index contributed by atoms with van der Waals surface area (Å²) in [6, 6.07) is 9.53. The molecule has 0 spiro atoms. The van der Waals surface area contributed by atoms with Gasteiger partial charge in [0.15, 0.2) is 6.61 Å². The normalized spacial score (nSPS) is 14.6. The Kier molecular flexibility index (Phi) is 6.66. The van der Waals surface area contributed by atoms with Crippen molar-refractivity contribution >= 4 is 33.2 Å². The van der Waals surface area contributed by atoms with Gasteiger partial charge in [0, 0.05) is 18.1 Å². The molecule has 0 bridgehead atoms. The van der Waals surface area contributed by atoms with Crippen molar-refractivity contribution in [3.8, 4) is 11.5 Å². The minimum absolute atomic E-state index is 0.116. The second-order valence-corrected chi connectivity index (χ2v) is 9.07. The quantitative estimate of drug-likeness (QED) is 0.715. The fourth-order valence-electron chi connectivity index (χ4n) is 3.06. The molecule has 2 aromatic carbocycles. The fourth-order valence-corrected chi connectivity index (χ4v) is 4.73. The Morgan fingerprint density at radius 1 is 1.17 bits per heavy atom. The van der Waals surface area contributed by atoms with Crippen LogP contribution in [0.3, 0.4) is 0 Å². The molecule has 29 heavy (non-hydrogen) atoms. The molecule has 0 radical (unpaired) electrons. The van der Waals surface area contributed by atoms with Gasteiger partial charge in [-0.05, 0) is 61.7 Å². The predicted octanol–water partition coefficient (Wildman–Crippen LogP) is 3.46. The van der Waals surface area contributed by atoms with Crippen LogP contribution < -0.4 is 14.8 Å². The van der Waals surface area contributed by atoms with Crippen LogP contribution in [0, 0.1) is 6.92 Å². The number of anilines is 1. The largest absolute Gasteiger partial charge is 0.495 e. The van der Waals surface area contributed by atoms with Gasteiger partial charge in [0.2, 0.25) is 10.0 Å². The number of sulfonamides is 1. The van der Waals surface area contributed by atoms with Crippen molar-refractivity contribution < 1.29 is 22.7 Å². The number of benzene rings is 2. The zero-order chi connectivity index (χ0) is 21.0. The number of hydrogen-bond acceptors (Lipinski definition) is 5. The van der Waals surface area contributed by atoms with Crippen LogP contribution in [0.1, 0.15) is 18.4 Å². The van der Waals surface area contributed by atoms with E-state index in [4.69, 9.17) is 21.1 Å². The van der Waals surface area contributed by atoms with Gasteiger partial charge in [-0.1, -0.05) is 11.6 Å². The Labute approximate surface area is 175 Å². The Morgan fingerprint density at radius 2 is 1.90 bits per heavy atom. The predicted molar refractivity (Wildman–Crippen MR) is 111 cm³/mol. The van der Waals surface area contributed by atoms with Crippen molar-refractivity contribution in [2.24, 2.45) is 0 Å². The molecule has 7 nitrogen and oxygen atoms in total. The van der Waals surface area contributed by atoms with Gasteiger partial charge in [-0.15, -0.1) is 0 Å². The van der Waals surface area contributed by atoms with Crippen molar-refractivity contribution in [2.75, 3.05) is 32.1 Å². The second kappa shape index (κ2) is 9.02. The number of hydrogen-bond donors (Lipinski definition) is 1. The highest BCUT2D eigenvalue weighted by Crippen LogP contribution is 2.30. The summed E-state index contributed by atoms with van der Waals surface area (Å²) in [7, 11) is -2.15. The van der Waals surface area contributed by atoms with Crippen molar-refractivity contribution in [1.29, 1.82) is 0 Å². The number of halogens is 1. The number of carbonyl (C=O) groups is 1. The number of rotatable bonds is 7. The lowest BCUT2D eigenvalue weighted by atomic mass is 10.2. The smallest absolute Gasteiger partial charge is 0.262 e. The van der Waals surface area contributed by atoms with E-state index in [1.54, 1.807) is 18.2 Å². The summed E-state index contributed by atoms with van der Waals surface area (Å²) in [5.41, 5.74) is 1.11. The first-order chi connectivity index (χ1) is 13.8. The summed E-state index contributed by atoms with van der Waals surface area (Å²) in [5.74, 6) is 0.437. The van der Waals surface area contributed by atoms with Gasteiger partial charge in [0.1, 0.15) is 11.5 Å². The number of carbonyl (C=O) groups excluding carboxylic acids is 1. The molecule has 3 rings (SSSR count). The molecule has 0 atom stereocenters. The Balaban J connectivity index is 1.73. The van der Waals surface area contributed by atoms with E-state index in [0.717, 1.165) is 18.4 Å². The van der Waals surface area contributed by atoms with Crippen molar-refractivity contribution in [1.82, 2.24) is 4.31 Å². The maximum Gasteiger partial charge on any atom is 0.262 e. The lowest BCUT2D eigenvalue weighted by Crippen LogP contribution is -2.28. The zero-order valence-corrected chi connectivity index (χ0v) is 17.8. The van der Waals surface area contributed by atoms with E-state index in [9.17, 15) is 13.2 Å². The molecule has 156 valence electrons. The van der Waals surface area contributed by atoms with Crippen molar-refractivity contribution in [2.45, 2.75) is 24.7 Å². The lowest BCUT2D eigenvalue weighted by Gasteiger charge is -2.17. The monoisotopic (exact) mass is 438 g/mol. The van der Waals surface area contributed by atoms with Crippen molar-refractivity contribution in [3.63, 3.8) is 0 Å². The molecule has 0 aromatic heterocycles. The lowest BCUT2D eigenvalue weighted by molar-refractivity contribution is -0.118. The van der Waals surface area contributed by atoms with Crippen LogP contribution in [0.25, 0.3) is 0 Å². The SMILES string of the molecule is COc1ccc(S(=O)(=O)N2CCCC2)cc1NC(=O)COc1ccc(Cl)c(C)c1. The Morgan fingerprint density at radius 3 is 2.55 bits per heavy atom. The Bertz CT molecular complexity index is 1000. The van der Waals surface area contributed by atoms with Gasteiger partial charge in [-0.2, -0.15) is 4.31 Å². The third-order valence-corrected chi connectivity index (χ3v) is 6.97. The van der Waals surface area contributed by atoms with Crippen LogP contribution in [0.15, 0.2) is 41.3 Å². The Hall–Kier alpha value is -2.29. The number of nitrogens with one attached hydrogen (secondary N) is 1. The van der Waals surface area contributed by atoms with E-state index in [1.165, 1.54) is 29.6 Å². The molecule has 1 aliphatic rings. The van der Waals surface area contributed by atoms with E-state index >= 15 is 0 Å². The van der Waals surface area contributed by atoms with Gasteiger partial charge < -0.3 is 14.8 Å². The molecule has 0 unspecified atom stereocenters. The number of methoxy groups -OCH3 is 1. The first-order valence-corrected chi connectivity index (χ1v) is 11.0. The fraction of sp³-hybridized carbons (Fsp3) is 0.350. The minimum atomic E-state index is -3.60. The summed E-state index contributed by atoms with van der Waals surface area (Å²) in [4.78, 5) is 12.5. The molecule has 1 aliphatic heterocycles. The van der Waals surface area contributed by atoms with E-state index in [1.807, 2.05) is 6.92 Å². The summed E-state index contributed by atoms with van der Waals surface area (Å²) < 4.78 is 37.8. The number of aryl methyl sites for hydroxylation is 1. The highest BCUT2D eigenvalue weighted by atomic mass is 35.5. The first kappa shape index (κ1) is 21.4. The first-order valence-electron chi connectivity index (χ1n) is 9.18. The standard InChI is InChI=1S/C20H23ClN2O5S/c1-14-11-15(5-7-17(14)21)28-13-20(24)22-18-12-16(6-8-19(18)27-2)29(25,26)23-9-3-4-10-23/h5-8,11-12H,3-4,9-10,13H2,1-2H3,(H,22,24). The van der Waals surface area contributed by atoms with Gasteiger partial charge in [-0.3, -0.25) is 4.79 Å². The van der Waals surface area contributed by atoms with Crippen LogP contribution in [-0.4, -0.2) is 45.4 Å². The molecular formula is C20H23ClN2O5S. The molecule has 9 heteroatoms. The highest BCUT2D eigenvalue weighted by Gasteiger charge is 2.28. The van der Waals surface area contributed by atoms with E-state index < -0.39 is 15.9 Å². The molecule has 1 heterocycles. The molecular weight excluding hydrogens is 416 g/mol. The average molecular weight is 439 g/mol. The maximum absolute atomic E-state index is 12.8. The molecule has 0 aliphatic carbocycles. The minimum Gasteiger partial charge on any atom is -0.495 e. The third kappa shape index (κ3) is 5.01. The number of ether oxygens (including phenoxy) is 2. The molecule has 2 aromatic rings. The summed E-state index contributed by atoms with van der Waals surface area (Å²) >= 11 is 5.98. The maximum atomic E-state index is 12.8. The summed E-state index contributed by atoms with van der Waals surface area (Å²) in [5, 5.41) is 3.28. The van der Waals surface area contributed by atoms with Gasteiger partial charge in [0.05, 0.1) is 17.7 Å². The van der Waals surface area contributed by atoms with Gasteiger partial charge in [0.25, 0.3) is 5.91 Å². The summed E-state index contributed by atoms with van der Waals surface area (Å²) in [6.07, 6.45) is 1.70. The molecule has 1 fully saturated rings. The second-order valence-electron chi connectivity index (χ2n) is 6.72. The van der Waals surface area contributed by atoms with Crippen molar-refractivity contribution in [3.05, 3.63) is 47.0 Å². The topological polar surface area (TPSA) is 84.9 Å². The number of nitrogens with zero attached hydrogens (tertiary/aromatic N) is 1. The molecule has 1 amide bonds. The molecule has 1 N–H and O–H groups in total. The highest BCUT2D eigenvalue weighted by molar-refractivity contribution is 7.89. The van der Waals surface area contributed by atoms with E-state index in [-0.39, 0.29) is 17.2 Å². The number of amides is 1. The third-order valence-electron chi connectivity index (χ3n) is 4.65.